The highest BCUT2D eigenvalue weighted by Gasteiger charge is 2.33. The standard InChI is InChI=1S/C17H12F3NO/c18-17(19,20)14-7-3-1-5-11(14)9-16-13(10-22)12-6-2-4-8-15(12)21-16/h1-8,10,21H,9H2. The smallest absolute Gasteiger partial charge is 0.358 e. The number of hydrogen-bond donors (Lipinski definition) is 1. The maximum atomic E-state index is 13.1. The summed E-state index contributed by atoms with van der Waals surface area (Å²) in [5, 5.41) is 0.719. The van der Waals surface area contributed by atoms with Crippen molar-refractivity contribution in [2.24, 2.45) is 0 Å². The molecule has 0 spiro atoms. The molecule has 0 bridgehead atoms. The van der Waals surface area contributed by atoms with Gasteiger partial charge < -0.3 is 4.98 Å². The van der Waals surface area contributed by atoms with Gasteiger partial charge in [-0.2, -0.15) is 13.2 Å². The molecule has 0 saturated heterocycles. The van der Waals surface area contributed by atoms with Crippen molar-refractivity contribution in [2.45, 2.75) is 12.6 Å². The molecule has 0 aliphatic carbocycles. The molecule has 0 fully saturated rings. The molecule has 3 aromatic rings. The van der Waals surface area contributed by atoms with Crippen molar-refractivity contribution in [1.29, 1.82) is 0 Å². The molecule has 0 radical (unpaired) electrons. The Morgan fingerprint density at radius 1 is 1.00 bits per heavy atom. The first-order valence-corrected chi connectivity index (χ1v) is 6.70. The fourth-order valence-corrected chi connectivity index (χ4v) is 2.63. The second kappa shape index (κ2) is 5.33. The minimum absolute atomic E-state index is 0.0262. The SMILES string of the molecule is O=Cc1c(Cc2ccccc2C(F)(F)F)[nH]c2ccccc12. The van der Waals surface area contributed by atoms with E-state index >= 15 is 0 Å². The van der Waals surface area contributed by atoms with Crippen LogP contribution >= 0.6 is 0 Å². The Hall–Kier alpha value is -2.56. The van der Waals surface area contributed by atoms with Crippen molar-refractivity contribution in [2.75, 3.05) is 0 Å². The molecule has 0 aliphatic rings. The molecule has 1 N–H and O–H groups in total. The van der Waals surface area contributed by atoms with Crippen molar-refractivity contribution in [3.05, 3.63) is 70.9 Å². The van der Waals surface area contributed by atoms with E-state index in [1.165, 1.54) is 12.1 Å². The number of fused-ring (bicyclic) bond motifs is 1. The minimum Gasteiger partial charge on any atom is -0.358 e. The Balaban J connectivity index is 2.10. The fraction of sp³-hybridized carbons (Fsp3) is 0.118. The Morgan fingerprint density at radius 3 is 2.41 bits per heavy atom. The number of benzene rings is 2. The van der Waals surface area contributed by atoms with Gasteiger partial charge in [-0.05, 0) is 17.7 Å². The first-order chi connectivity index (χ1) is 10.5. The van der Waals surface area contributed by atoms with Gasteiger partial charge in [-0.15, -0.1) is 0 Å². The van der Waals surface area contributed by atoms with Crippen LogP contribution in [0.5, 0.6) is 0 Å². The molecule has 0 aliphatic heterocycles. The summed E-state index contributed by atoms with van der Waals surface area (Å²) in [4.78, 5) is 14.4. The number of para-hydroxylation sites is 1. The molecular formula is C17H12F3NO. The number of carbonyl (C=O) groups is 1. The van der Waals surface area contributed by atoms with Gasteiger partial charge in [0.05, 0.1) is 5.56 Å². The van der Waals surface area contributed by atoms with Gasteiger partial charge in [0.25, 0.3) is 0 Å². The molecule has 0 unspecified atom stereocenters. The summed E-state index contributed by atoms with van der Waals surface area (Å²) in [7, 11) is 0. The van der Waals surface area contributed by atoms with Gasteiger partial charge >= 0.3 is 6.18 Å². The molecule has 1 aromatic heterocycles. The number of aldehydes is 1. The Labute approximate surface area is 124 Å². The van der Waals surface area contributed by atoms with Crippen LogP contribution in [-0.4, -0.2) is 11.3 Å². The van der Waals surface area contributed by atoms with E-state index in [4.69, 9.17) is 0 Å². The fourth-order valence-electron chi connectivity index (χ4n) is 2.63. The van der Waals surface area contributed by atoms with Crippen LogP contribution in [0.25, 0.3) is 10.9 Å². The van der Waals surface area contributed by atoms with Gasteiger partial charge in [-0.3, -0.25) is 4.79 Å². The van der Waals surface area contributed by atoms with Gasteiger partial charge in [-0.25, -0.2) is 0 Å². The van der Waals surface area contributed by atoms with E-state index in [-0.39, 0.29) is 12.0 Å². The third kappa shape index (κ3) is 2.50. The second-order valence-corrected chi connectivity index (χ2v) is 5.01. The summed E-state index contributed by atoms with van der Waals surface area (Å²) >= 11 is 0. The van der Waals surface area contributed by atoms with Crippen LogP contribution in [0.15, 0.2) is 48.5 Å². The topological polar surface area (TPSA) is 32.9 Å². The molecule has 22 heavy (non-hydrogen) atoms. The van der Waals surface area contributed by atoms with Crippen LogP contribution < -0.4 is 0 Å². The first kappa shape index (κ1) is 14.4. The molecule has 112 valence electrons. The average molecular weight is 303 g/mol. The van der Waals surface area contributed by atoms with E-state index in [0.29, 0.717) is 17.5 Å². The molecule has 0 saturated carbocycles. The zero-order chi connectivity index (χ0) is 15.7. The average Bonchev–Trinajstić information content (AvgIpc) is 2.83. The van der Waals surface area contributed by atoms with E-state index in [0.717, 1.165) is 17.0 Å². The van der Waals surface area contributed by atoms with Crippen molar-refractivity contribution in [3.63, 3.8) is 0 Å². The van der Waals surface area contributed by atoms with E-state index < -0.39 is 11.7 Å². The summed E-state index contributed by atoms with van der Waals surface area (Å²) in [5.74, 6) is 0. The van der Waals surface area contributed by atoms with Crippen LogP contribution in [0.4, 0.5) is 13.2 Å². The third-order valence-corrected chi connectivity index (χ3v) is 3.64. The van der Waals surface area contributed by atoms with Crippen molar-refractivity contribution >= 4 is 17.2 Å². The van der Waals surface area contributed by atoms with Gasteiger partial charge in [0.1, 0.15) is 0 Å². The molecule has 5 heteroatoms. The largest absolute Gasteiger partial charge is 0.416 e. The van der Waals surface area contributed by atoms with Crippen LogP contribution in [0.1, 0.15) is 27.2 Å². The number of nitrogens with one attached hydrogen (secondary N) is 1. The lowest BCUT2D eigenvalue weighted by Crippen LogP contribution is -2.09. The summed E-state index contributed by atoms with van der Waals surface area (Å²) in [6.45, 7) is 0. The highest BCUT2D eigenvalue weighted by atomic mass is 19.4. The van der Waals surface area contributed by atoms with Gasteiger partial charge in [0, 0.05) is 28.6 Å². The Morgan fingerprint density at radius 2 is 1.68 bits per heavy atom. The van der Waals surface area contributed by atoms with Gasteiger partial charge in [0.2, 0.25) is 0 Å². The summed E-state index contributed by atoms with van der Waals surface area (Å²) in [6.07, 6.45) is -3.70. The predicted molar refractivity (Wildman–Crippen MR) is 77.9 cm³/mol. The lowest BCUT2D eigenvalue weighted by Gasteiger charge is -2.12. The highest BCUT2D eigenvalue weighted by Crippen LogP contribution is 2.33. The molecule has 0 amide bonds. The normalized spacial score (nSPS) is 11.8. The van der Waals surface area contributed by atoms with Crippen LogP contribution in [0, 0.1) is 0 Å². The van der Waals surface area contributed by atoms with E-state index in [1.54, 1.807) is 30.3 Å². The lowest BCUT2D eigenvalue weighted by atomic mass is 10.0. The zero-order valence-electron chi connectivity index (χ0n) is 11.4. The number of hydrogen-bond acceptors (Lipinski definition) is 1. The van der Waals surface area contributed by atoms with Crippen LogP contribution in [-0.2, 0) is 12.6 Å². The minimum atomic E-state index is -4.41. The molecule has 0 atom stereocenters. The van der Waals surface area contributed by atoms with E-state index in [2.05, 4.69) is 4.98 Å². The van der Waals surface area contributed by atoms with Gasteiger partial charge in [0.15, 0.2) is 6.29 Å². The predicted octanol–water partition coefficient (Wildman–Crippen LogP) is 4.59. The lowest BCUT2D eigenvalue weighted by molar-refractivity contribution is -0.138. The third-order valence-electron chi connectivity index (χ3n) is 3.64. The van der Waals surface area contributed by atoms with Crippen LogP contribution in [0.3, 0.4) is 0 Å². The molecule has 2 aromatic carbocycles. The van der Waals surface area contributed by atoms with Crippen molar-refractivity contribution < 1.29 is 18.0 Å². The second-order valence-electron chi connectivity index (χ2n) is 5.01. The number of rotatable bonds is 3. The zero-order valence-corrected chi connectivity index (χ0v) is 11.4. The van der Waals surface area contributed by atoms with Crippen molar-refractivity contribution in [1.82, 2.24) is 4.98 Å². The monoisotopic (exact) mass is 303 g/mol. The van der Waals surface area contributed by atoms with Crippen molar-refractivity contribution in [3.8, 4) is 0 Å². The number of aromatic nitrogens is 1. The maximum absolute atomic E-state index is 13.1. The number of aromatic amines is 1. The molecule has 3 rings (SSSR count). The highest BCUT2D eigenvalue weighted by molar-refractivity contribution is 5.99. The number of carbonyl (C=O) groups excluding carboxylic acids is 1. The van der Waals surface area contributed by atoms with E-state index in [1.807, 2.05) is 0 Å². The van der Waals surface area contributed by atoms with E-state index in [9.17, 15) is 18.0 Å². The summed E-state index contributed by atoms with van der Waals surface area (Å²) in [6, 6.07) is 12.6. The number of halogens is 3. The number of alkyl halides is 3. The summed E-state index contributed by atoms with van der Waals surface area (Å²) in [5.41, 5.74) is 1.11. The Kier molecular flexibility index (Phi) is 3.48. The summed E-state index contributed by atoms with van der Waals surface area (Å²) < 4.78 is 39.2. The molecule has 2 nitrogen and oxygen atoms in total. The molecule has 1 heterocycles. The first-order valence-electron chi connectivity index (χ1n) is 6.70. The number of H-pyrrole nitrogens is 1. The Bertz CT molecular complexity index is 833. The van der Waals surface area contributed by atoms with Crippen LogP contribution in [0.2, 0.25) is 0 Å². The maximum Gasteiger partial charge on any atom is 0.416 e. The molecular weight excluding hydrogens is 291 g/mol. The quantitative estimate of drug-likeness (QED) is 0.705. The van der Waals surface area contributed by atoms with Gasteiger partial charge in [-0.1, -0.05) is 36.4 Å².